The molecule has 0 aliphatic rings. The number of halogens is 1. The van der Waals surface area contributed by atoms with Gasteiger partial charge in [-0.3, -0.25) is 4.79 Å². The third-order valence-electron chi connectivity index (χ3n) is 3.14. The average molecular weight is 281 g/mol. The summed E-state index contributed by atoms with van der Waals surface area (Å²) in [5.74, 6) is -0.307. The number of carbonyl (C=O) groups excluding carboxylic acids is 1. The molecule has 1 heterocycles. The number of rotatable bonds is 2. The lowest BCUT2D eigenvalue weighted by Gasteiger charge is -2.08. The highest BCUT2D eigenvalue weighted by Gasteiger charge is 2.12. The fraction of sp³-hybridized carbons (Fsp3) is 0. The highest BCUT2D eigenvalue weighted by atomic mass is 19.1. The Labute approximate surface area is 120 Å². The zero-order valence-corrected chi connectivity index (χ0v) is 11.0. The number of fused-ring (bicyclic) bond motifs is 1. The predicted octanol–water partition coefficient (Wildman–Crippen LogP) is 3.21. The van der Waals surface area contributed by atoms with Crippen LogP contribution < -0.4 is 11.1 Å². The van der Waals surface area contributed by atoms with Crippen LogP contribution in [0.25, 0.3) is 10.8 Å². The first-order valence-electron chi connectivity index (χ1n) is 6.35. The number of nitrogens with one attached hydrogen (secondary N) is 1. The molecule has 0 aliphatic carbocycles. The van der Waals surface area contributed by atoms with E-state index in [1.54, 1.807) is 36.4 Å². The summed E-state index contributed by atoms with van der Waals surface area (Å²) in [6.45, 7) is 0. The van der Waals surface area contributed by atoms with E-state index in [0.29, 0.717) is 27.8 Å². The van der Waals surface area contributed by atoms with E-state index >= 15 is 0 Å². The Kier molecular flexibility index (Phi) is 3.23. The fourth-order valence-corrected chi connectivity index (χ4v) is 2.12. The topological polar surface area (TPSA) is 68.0 Å². The van der Waals surface area contributed by atoms with E-state index in [1.165, 1.54) is 18.3 Å². The summed E-state index contributed by atoms with van der Waals surface area (Å²) in [4.78, 5) is 16.3. The van der Waals surface area contributed by atoms with E-state index < -0.39 is 0 Å². The maximum Gasteiger partial charge on any atom is 0.257 e. The van der Waals surface area contributed by atoms with Gasteiger partial charge < -0.3 is 11.1 Å². The highest BCUT2D eigenvalue weighted by Crippen LogP contribution is 2.22. The first-order chi connectivity index (χ1) is 10.1. The van der Waals surface area contributed by atoms with Crippen LogP contribution in [0.5, 0.6) is 0 Å². The van der Waals surface area contributed by atoms with Crippen LogP contribution in [0, 0.1) is 5.82 Å². The van der Waals surface area contributed by atoms with Gasteiger partial charge in [0.25, 0.3) is 5.91 Å². The third kappa shape index (κ3) is 2.53. The zero-order chi connectivity index (χ0) is 14.8. The molecule has 0 bridgehead atoms. The van der Waals surface area contributed by atoms with Gasteiger partial charge in [-0.15, -0.1) is 0 Å². The molecule has 0 saturated heterocycles. The van der Waals surface area contributed by atoms with E-state index in [-0.39, 0.29) is 11.7 Å². The average Bonchev–Trinajstić information content (AvgIpc) is 2.50. The lowest BCUT2D eigenvalue weighted by molar-refractivity contribution is 0.102. The number of nitrogen functional groups attached to an aromatic ring is 1. The molecule has 0 atom stereocenters. The summed E-state index contributed by atoms with van der Waals surface area (Å²) in [7, 11) is 0. The van der Waals surface area contributed by atoms with Crippen LogP contribution in [-0.4, -0.2) is 10.9 Å². The van der Waals surface area contributed by atoms with Crippen molar-refractivity contribution < 1.29 is 9.18 Å². The van der Waals surface area contributed by atoms with Gasteiger partial charge in [-0.05, 0) is 29.7 Å². The van der Waals surface area contributed by atoms with Crippen LogP contribution in [0.3, 0.4) is 0 Å². The molecular formula is C16H12FN3O. The minimum absolute atomic E-state index is 0.344. The number of hydrogen-bond donors (Lipinski definition) is 2. The quantitative estimate of drug-likeness (QED) is 0.758. The van der Waals surface area contributed by atoms with Crippen molar-refractivity contribution in [1.82, 2.24) is 4.98 Å². The monoisotopic (exact) mass is 281 g/mol. The van der Waals surface area contributed by atoms with Crippen LogP contribution >= 0.6 is 0 Å². The number of pyridine rings is 1. The molecule has 0 unspecified atom stereocenters. The minimum Gasteiger partial charge on any atom is -0.397 e. The van der Waals surface area contributed by atoms with Gasteiger partial charge in [0, 0.05) is 10.9 Å². The van der Waals surface area contributed by atoms with Crippen LogP contribution in [0.1, 0.15) is 10.4 Å². The molecule has 1 amide bonds. The second-order valence-corrected chi connectivity index (χ2v) is 4.57. The predicted molar refractivity (Wildman–Crippen MR) is 80.5 cm³/mol. The molecule has 0 aliphatic heterocycles. The van der Waals surface area contributed by atoms with Gasteiger partial charge in [-0.1, -0.05) is 24.3 Å². The third-order valence-corrected chi connectivity index (χ3v) is 3.14. The fourth-order valence-electron chi connectivity index (χ4n) is 2.12. The molecule has 0 saturated carbocycles. The van der Waals surface area contributed by atoms with Gasteiger partial charge >= 0.3 is 0 Å². The van der Waals surface area contributed by atoms with E-state index in [9.17, 15) is 9.18 Å². The van der Waals surface area contributed by atoms with Gasteiger partial charge in [-0.2, -0.15) is 0 Å². The van der Waals surface area contributed by atoms with E-state index in [1.807, 2.05) is 0 Å². The Morgan fingerprint density at radius 2 is 1.81 bits per heavy atom. The lowest BCUT2D eigenvalue weighted by Crippen LogP contribution is -2.13. The van der Waals surface area contributed by atoms with Crippen LogP contribution in [0.4, 0.5) is 15.9 Å². The number of nitrogens with zero attached hydrogens (tertiary/aromatic N) is 1. The second kappa shape index (κ2) is 5.20. The summed E-state index contributed by atoms with van der Waals surface area (Å²) in [5, 5.41) is 3.64. The second-order valence-electron chi connectivity index (χ2n) is 4.57. The lowest BCUT2D eigenvalue weighted by atomic mass is 10.0. The number of amides is 1. The molecule has 1 aromatic heterocycles. The molecule has 0 spiro atoms. The SMILES string of the molecule is Nc1ccc(NC(=O)c2ccc(F)c3ccccc23)nc1. The Bertz CT molecular complexity index is 815. The van der Waals surface area contributed by atoms with E-state index in [2.05, 4.69) is 10.3 Å². The smallest absolute Gasteiger partial charge is 0.257 e. The van der Waals surface area contributed by atoms with Gasteiger partial charge in [0.15, 0.2) is 0 Å². The molecule has 3 N–H and O–H groups in total. The molecule has 3 rings (SSSR count). The van der Waals surface area contributed by atoms with Crippen LogP contribution in [-0.2, 0) is 0 Å². The molecule has 104 valence electrons. The van der Waals surface area contributed by atoms with Crippen LogP contribution in [0.15, 0.2) is 54.7 Å². The van der Waals surface area contributed by atoms with Crippen molar-refractivity contribution >= 4 is 28.2 Å². The molecule has 4 nitrogen and oxygen atoms in total. The van der Waals surface area contributed by atoms with Crippen molar-refractivity contribution in [2.45, 2.75) is 0 Å². The first-order valence-corrected chi connectivity index (χ1v) is 6.35. The number of anilines is 2. The standard InChI is InChI=1S/C16H12FN3O/c17-14-7-6-13(11-3-1-2-4-12(11)14)16(21)20-15-8-5-10(18)9-19-15/h1-9H,18H2,(H,19,20,21). The Balaban J connectivity index is 1.98. The van der Waals surface area contributed by atoms with E-state index in [0.717, 1.165) is 0 Å². The van der Waals surface area contributed by atoms with Gasteiger partial charge in [0.05, 0.1) is 11.9 Å². The highest BCUT2D eigenvalue weighted by molar-refractivity contribution is 6.12. The molecular weight excluding hydrogens is 269 g/mol. The normalized spacial score (nSPS) is 10.5. The summed E-state index contributed by atoms with van der Waals surface area (Å²) in [6, 6.07) is 12.9. The minimum atomic E-state index is -0.354. The molecule has 21 heavy (non-hydrogen) atoms. The maximum absolute atomic E-state index is 13.7. The number of benzene rings is 2. The number of nitrogens with two attached hydrogens (primary N) is 1. The molecule has 3 aromatic rings. The first kappa shape index (κ1) is 13.1. The van der Waals surface area contributed by atoms with Crippen molar-refractivity contribution in [3.05, 3.63) is 66.1 Å². The largest absolute Gasteiger partial charge is 0.397 e. The van der Waals surface area contributed by atoms with Crippen LogP contribution in [0.2, 0.25) is 0 Å². The zero-order valence-electron chi connectivity index (χ0n) is 11.0. The summed E-state index contributed by atoms with van der Waals surface area (Å²) >= 11 is 0. The van der Waals surface area contributed by atoms with Crippen molar-refractivity contribution in [1.29, 1.82) is 0 Å². The Morgan fingerprint density at radius 3 is 2.52 bits per heavy atom. The van der Waals surface area contributed by atoms with Crippen molar-refractivity contribution in [3.63, 3.8) is 0 Å². The van der Waals surface area contributed by atoms with E-state index in [4.69, 9.17) is 5.73 Å². The molecule has 0 radical (unpaired) electrons. The van der Waals surface area contributed by atoms with Crippen molar-refractivity contribution in [3.8, 4) is 0 Å². The maximum atomic E-state index is 13.7. The summed E-state index contributed by atoms with van der Waals surface area (Å²) in [5.41, 5.74) is 6.45. The Hall–Kier alpha value is -2.95. The number of hydrogen-bond acceptors (Lipinski definition) is 3. The van der Waals surface area contributed by atoms with Gasteiger partial charge in [0.2, 0.25) is 0 Å². The van der Waals surface area contributed by atoms with Crippen molar-refractivity contribution in [2.75, 3.05) is 11.1 Å². The summed E-state index contributed by atoms with van der Waals surface area (Å²) in [6.07, 6.45) is 1.46. The van der Waals surface area contributed by atoms with Gasteiger partial charge in [-0.25, -0.2) is 9.37 Å². The summed E-state index contributed by atoms with van der Waals surface area (Å²) < 4.78 is 13.7. The number of carbonyl (C=O) groups is 1. The van der Waals surface area contributed by atoms with Crippen molar-refractivity contribution in [2.24, 2.45) is 0 Å². The Morgan fingerprint density at radius 1 is 1.05 bits per heavy atom. The molecule has 0 fully saturated rings. The molecule has 2 aromatic carbocycles. The number of aromatic nitrogens is 1. The van der Waals surface area contributed by atoms with Gasteiger partial charge in [0.1, 0.15) is 11.6 Å². The molecule has 5 heteroatoms.